The lowest BCUT2D eigenvalue weighted by atomic mass is 9.92. The van der Waals surface area contributed by atoms with Crippen molar-refractivity contribution >= 4 is 17.1 Å². The van der Waals surface area contributed by atoms with E-state index in [1.165, 1.54) is 77.9 Å². The van der Waals surface area contributed by atoms with Gasteiger partial charge in [-0.15, -0.1) is 0 Å². The maximum Gasteiger partial charge on any atom is 0.0462 e. The maximum absolute atomic E-state index is 2.35. The van der Waals surface area contributed by atoms with E-state index in [0.29, 0.717) is 0 Å². The summed E-state index contributed by atoms with van der Waals surface area (Å²) < 4.78 is 0. The van der Waals surface area contributed by atoms with Gasteiger partial charge in [0.1, 0.15) is 0 Å². The average molecular weight is 778 g/mol. The standard InChI is InChI=1S/C60H43N/c1-4-13-44(14-5-1)47-23-27-49(28-24-47)51-31-37-56(38-32-51)61(57-39-33-52(34-40-57)50-29-25-48(26-30-50)45-15-6-2-7-16-45)58-41-35-53(36-42-58)59-21-10-11-22-60(59)55-20-12-19-54(43-55)46-17-8-3-9-18-46/h1-43H. The van der Waals surface area contributed by atoms with Crippen LogP contribution >= 0.6 is 0 Å². The average Bonchev–Trinajstić information content (AvgIpc) is 3.36. The summed E-state index contributed by atoms with van der Waals surface area (Å²) in [6.07, 6.45) is 0. The Morgan fingerprint density at radius 3 is 0.787 bits per heavy atom. The van der Waals surface area contributed by atoms with Crippen molar-refractivity contribution in [3.05, 3.63) is 261 Å². The molecule has 1 nitrogen and oxygen atoms in total. The summed E-state index contributed by atoms with van der Waals surface area (Å²) in [5.41, 5.74) is 20.1. The van der Waals surface area contributed by atoms with Crippen molar-refractivity contribution in [2.45, 2.75) is 0 Å². The van der Waals surface area contributed by atoms with Crippen molar-refractivity contribution in [2.75, 3.05) is 4.90 Å². The van der Waals surface area contributed by atoms with Gasteiger partial charge in [-0.2, -0.15) is 0 Å². The topological polar surface area (TPSA) is 3.24 Å². The van der Waals surface area contributed by atoms with E-state index in [1.54, 1.807) is 0 Å². The monoisotopic (exact) mass is 777 g/mol. The molecule has 0 saturated heterocycles. The SMILES string of the molecule is c1ccc(-c2ccc(-c3ccc(N(c4ccc(-c5ccc(-c6ccccc6)cc5)cc4)c4ccc(-c5ccccc5-c5cccc(-c6ccccc6)c5)cc4)cc3)cc2)cc1. The van der Waals surface area contributed by atoms with Gasteiger partial charge in [0.15, 0.2) is 0 Å². The zero-order chi connectivity index (χ0) is 40.8. The van der Waals surface area contributed by atoms with Gasteiger partial charge in [0.25, 0.3) is 0 Å². The smallest absolute Gasteiger partial charge is 0.0462 e. The first-order valence-corrected chi connectivity index (χ1v) is 20.9. The Balaban J connectivity index is 0.978. The fourth-order valence-electron chi connectivity index (χ4n) is 8.30. The molecule has 0 aliphatic heterocycles. The minimum atomic E-state index is 1.09. The molecule has 0 N–H and O–H groups in total. The summed E-state index contributed by atoms with van der Waals surface area (Å²) in [7, 11) is 0. The number of benzene rings is 10. The van der Waals surface area contributed by atoms with Crippen molar-refractivity contribution in [1.82, 2.24) is 0 Å². The first-order chi connectivity index (χ1) is 30.2. The number of anilines is 3. The Bertz CT molecular complexity index is 2860. The third-order valence-electron chi connectivity index (χ3n) is 11.5. The maximum atomic E-state index is 2.35. The first kappa shape index (κ1) is 37.3. The zero-order valence-corrected chi connectivity index (χ0v) is 33.8. The minimum Gasteiger partial charge on any atom is -0.311 e. The van der Waals surface area contributed by atoms with Crippen molar-refractivity contribution in [3.8, 4) is 77.9 Å². The molecule has 0 aromatic heterocycles. The molecule has 0 radical (unpaired) electrons. The number of hydrogen-bond acceptors (Lipinski definition) is 1. The summed E-state index contributed by atoms with van der Waals surface area (Å²) in [6.45, 7) is 0. The van der Waals surface area contributed by atoms with Crippen LogP contribution in [0.5, 0.6) is 0 Å². The lowest BCUT2D eigenvalue weighted by molar-refractivity contribution is 1.28. The second-order valence-electron chi connectivity index (χ2n) is 15.4. The van der Waals surface area contributed by atoms with Crippen LogP contribution in [0.15, 0.2) is 261 Å². The van der Waals surface area contributed by atoms with Crippen LogP contribution < -0.4 is 4.90 Å². The van der Waals surface area contributed by atoms with Gasteiger partial charge in [0.05, 0.1) is 0 Å². The summed E-state index contributed by atoms with van der Waals surface area (Å²) in [6, 6.07) is 93.9. The van der Waals surface area contributed by atoms with Gasteiger partial charge in [-0.05, 0) is 120 Å². The molecule has 288 valence electrons. The van der Waals surface area contributed by atoms with Crippen LogP contribution in [0.4, 0.5) is 17.1 Å². The van der Waals surface area contributed by atoms with Crippen molar-refractivity contribution in [3.63, 3.8) is 0 Å². The minimum absolute atomic E-state index is 1.09. The molecule has 0 saturated carbocycles. The normalized spacial score (nSPS) is 11.0. The van der Waals surface area contributed by atoms with Crippen molar-refractivity contribution in [1.29, 1.82) is 0 Å². The lowest BCUT2D eigenvalue weighted by Gasteiger charge is -2.26. The highest BCUT2D eigenvalue weighted by Gasteiger charge is 2.15. The summed E-state index contributed by atoms with van der Waals surface area (Å²) in [5, 5.41) is 0. The summed E-state index contributed by atoms with van der Waals surface area (Å²) >= 11 is 0. The van der Waals surface area contributed by atoms with Gasteiger partial charge in [-0.1, -0.05) is 218 Å². The molecule has 0 atom stereocenters. The molecule has 10 aromatic rings. The Kier molecular flexibility index (Phi) is 10.4. The quantitative estimate of drug-likeness (QED) is 0.134. The van der Waals surface area contributed by atoms with Gasteiger partial charge >= 0.3 is 0 Å². The molecule has 10 rings (SSSR count). The predicted octanol–water partition coefficient (Wildman–Crippen LogP) is 16.8. The Morgan fingerprint density at radius 1 is 0.164 bits per heavy atom. The van der Waals surface area contributed by atoms with Crippen LogP contribution in [-0.4, -0.2) is 0 Å². The van der Waals surface area contributed by atoms with E-state index < -0.39 is 0 Å². The van der Waals surface area contributed by atoms with E-state index >= 15 is 0 Å². The molecule has 0 amide bonds. The fraction of sp³-hybridized carbons (Fsp3) is 0. The molecule has 0 fully saturated rings. The van der Waals surface area contributed by atoms with Crippen molar-refractivity contribution in [2.24, 2.45) is 0 Å². The molecule has 0 spiro atoms. The van der Waals surface area contributed by atoms with E-state index in [1.807, 2.05) is 0 Å². The lowest BCUT2D eigenvalue weighted by Crippen LogP contribution is -2.09. The molecule has 0 aliphatic rings. The molecule has 0 heterocycles. The highest BCUT2D eigenvalue weighted by molar-refractivity contribution is 5.87. The van der Waals surface area contributed by atoms with Crippen LogP contribution in [0.2, 0.25) is 0 Å². The van der Waals surface area contributed by atoms with Crippen LogP contribution in [0.1, 0.15) is 0 Å². The first-order valence-electron chi connectivity index (χ1n) is 20.9. The molecule has 0 bridgehead atoms. The van der Waals surface area contributed by atoms with Gasteiger partial charge < -0.3 is 4.90 Å². The third-order valence-corrected chi connectivity index (χ3v) is 11.5. The summed E-state index contributed by atoms with van der Waals surface area (Å²) in [4.78, 5) is 2.35. The van der Waals surface area contributed by atoms with Crippen molar-refractivity contribution < 1.29 is 0 Å². The third kappa shape index (κ3) is 8.06. The van der Waals surface area contributed by atoms with E-state index in [2.05, 4.69) is 266 Å². The van der Waals surface area contributed by atoms with E-state index in [-0.39, 0.29) is 0 Å². The second kappa shape index (κ2) is 17.1. The van der Waals surface area contributed by atoms with Crippen LogP contribution in [0.25, 0.3) is 77.9 Å². The van der Waals surface area contributed by atoms with Gasteiger partial charge in [-0.3, -0.25) is 0 Å². The molecule has 0 aliphatic carbocycles. The molecule has 61 heavy (non-hydrogen) atoms. The van der Waals surface area contributed by atoms with Gasteiger partial charge in [0, 0.05) is 17.1 Å². The largest absolute Gasteiger partial charge is 0.311 e. The van der Waals surface area contributed by atoms with Gasteiger partial charge in [0.2, 0.25) is 0 Å². The Morgan fingerprint density at radius 2 is 0.410 bits per heavy atom. The predicted molar refractivity (Wildman–Crippen MR) is 259 cm³/mol. The highest BCUT2D eigenvalue weighted by Crippen LogP contribution is 2.40. The molecule has 10 aromatic carbocycles. The molecule has 1 heteroatoms. The molecular weight excluding hydrogens is 735 g/mol. The Labute approximate surface area is 359 Å². The van der Waals surface area contributed by atoms with E-state index in [9.17, 15) is 0 Å². The zero-order valence-electron chi connectivity index (χ0n) is 33.8. The summed E-state index contributed by atoms with van der Waals surface area (Å²) in [5.74, 6) is 0. The van der Waals surface area contributed by atoms with E-state index in [0.717, 1.165) is 17.1 Å². The van der Waals surface area contributed by atoms with Crippen LogP contribution in [-0.2, 0) is 0 Å². The van der Waals surface area contributed by atoms with E-state index in [4.69, 9.17) is 0 Å². The number of nitrogens with zero attached hydrogens (tertiary/aromatic N) is 1. The molecular formula is C60H43N. The second-order valence-corrected chi connectivity index (χ2v) is 15.4. The number of hydrogen-bond donors (Lipinski definition) is 0. The molecule has 0 unspecified atom stereocenters. The van der Waals surface area contributed by atoms with Crippen LogP contribution in [0, 0.1) is 0 Å². The fourth-order valence-corrected chi connectivity index (χ4v) is 8.30. The Hall–Kier alpha value is -8.00. The van der Waals surface area contributed by atoms with Crippen LogP contribution in [0.3, 0.4) is 0 Å². The highest BCUT2D eigenvalue weighted by atomic mass is 15.1. The van der Waals surface area contributed by atoms with Gasteiger partial charge in [-0.25, -0.2) is 0 Å². The number of rotatable bonds is 10.